The largest absolute Gasteiger partial charge is 0.478 e. The van der Waals surface area contributed by atoms with Crippen molar-refractivity contribution in [3.8, 4) is 0 Å². The van der Waals surface area contributed by atoms with Crippen LogP contribution in [0.15, 0.2) is 53.8 Å². The number of aliphatic imine (C=N–C) groups is 1. The number of nitrogens with zero attached hydrogens (tertiary/aromatic N) is 2. The third-order valence-corrected chi connectivity index (χ3v) is 4.00. The van der Waals surface area contributed by atoms with Crippen LogP contribution in [0.4, 0.5) is 0 Å². The number of benzene rings is 1. The molecular weight excluding hydrogens is 316 g/mol. The van der Waals surface area contributed by atoms with Gasteiger partial charge in [-0.1, -0.05) is 26.0 Å². The number of rotatable bonds is 7. The second-order valence-electron chi connectivity index (χ2n) is 6.73. The van der Waals surface area contributed by atoms with Crippen molar-refractivity contribution < 1.29 is 14.7 Å². The monoisotopic (exact) mass is 338 g/mol. The molecule has 0 spiro atoms. The number of aromatic nitrogens is 1. The lowest BCUT2D eigenvalue weighted by Gasteiger charge is -2.25. The van der Waals surface area contributed by atoms with E-state index >= 15 is 0 Å². The molecule has 2 rings (SSSR count). The highest BCUT2D eigenvalue weighted by Gasteiger charge is 2.25. The lowest BCUT2D eigenvalue weighted by molar-refractivity contribution is 0.0696. The molecule has 5 heteroatoms. The summed E-state index contributed by atoms with van der Waals surface area (Å²) in [4.78, 5) is 31.9. The van der Waals surface area contributed by atoms with Gasteiger partial charge in [0.2, 0.25) is 0 Å². The highest BCUT2D eigenvalue weighted by Crippen LogP contribution is 2.29. The third kappa shape index (κ3) is 5.08. The smallest absolute Gasteiger partial charge is 0.335 e. The normalized spacial score (nSPS) is 12.0. The lowest BCUT2D eigenvalue weighted by atomic mass is 9.79. The van der Waals surface area contributed by atoms with E-state index in [9.17, 15) is 9.59 Å². The number of Topliss-reactive ketones (excluding diaryl/α,β-unsaturated/α-hetero) is 1. The van der Waals surface area contributed by atoms with E-state index in [1.54, 1.807) is 49.8 Å². The number of carboxylic acids is 1. The van der Waals surface area contributed by atoms with Crippen LogP contribution in [0.3, 0.4) is 0 Å². The van der Waals surface area contributed by atoms with Gasteiger partial charge < -0.3 is 5.11 Å². The maximum atomic E-state index is 12.5. The van der Waals surface area contributed by atoms with Gasteiger partial charge in [-0.05, 0) is 41.7 Å². The van der Waals surface area contributed by atoms with Gasteiger partial charge in [0.1, 0.15) is 0 Å². The van der Waals surface area contributed by atoms with Gasteiger partial charge >= 0.3 is 5.97 Å². The van der Waals surface area contributed by atoms with Crippen LogP contribution in [-0.2, 0) is 0 Å². The fraction of sp³-hybridized carbons (Fsp3) is 0.300. The van der Waals surface area contributed by atoms with Crippen LogP contribution >= 0.6 is 0 Å². The fourth-order valence-corrected chi connectivity index (χ4v) is 2.73. The van der Waals surface area contributed by atoms with E-state index in [1.807, 2.05) is 19.9 Å². The molecule has 1 aromatic heterocycles. The van der Waals surface area contributed by atoms with Crippen molar-refractivity contribution in [2.24, 2.45) is 10.4 Å². The molecule has 1 N–H and O–H groups in total. The van der Waals surface area contributed by atoms with Gasteiger partial charge in [0.05, 0.1) is 5.56 Å². The summed E-state index contributed by atoms with van der Waals surface area (Å²) < 4.78 is 0. The molecule has 5 nitrogen and oxygen atoms in total. The first kappa shape index (κ1) is 18.5. The van der Waals surface area contributed by atoms with Crippen molar-refractivity contribution in [3.05, 3.63) is 65.5 Å². The van der Waals surface area contributed by atoms with Crippen LogP contribution in [-0.4, -0.2) is 34.6 Å². The van der Waals surface area contributed by atoms with E-state index in [0.29, 0.717) is 18.4 Å². The Bertz CT molecular complexity index is 796. The Kier molecular flexibility index (Phi) is 5.80. The maximum Gasteiger partial charge on any atom is 0.335 e. The molecule has 0 saturated carbocycles. The summed E-state index contributed by atoms with van der Waals surface area (Å²) in [5.74, 6) is -0.911. The average molecular weight is 338 g/mol. The molecule has 1 heterocycles. The highest BCUT2D eigenvalue weighted by atomic mass is 16.4. The third-order valence-electron chi connectivity index (χ3n) is 4.00. The predicted octanol–water partition coefficient (Wildman–Crippen LogP) is 3.89. The Hall–Kier alpha value is -2.82. The molecule has 0 aliphatic carbocycles. The number of pyridine rings is 1. The molecule has 0 bridgehead atoms. The van der Waals surface area contributed by atoms with E-state index in [-0.39, 0.29) is 16.8 Å². The van der Waals surface area contributed by atoms with Crippen LogP contribution in [0.2, 0.25) is 0 Å². The number of aromatic carboxylic acids is 1. The van der Waals surface area contributed by atoms with Gasteiger partial charge in [0.15, 0.2) is 5.78 Å². The molecule has 2 aromatic rings. The van der Waals surface area contributed by atoms with E-state index in [1.165, 1.54) is 0 Å². The SMILES string of the molecule is CN=C(CC(C)(C)CC(=O)c1ccncc1)c1cccc(C(=O)O)c1. The van der Waals surface area contributed by atoms with Crippen LogP contribution in [0.25, 0.3) is 0 Å². The summed E-state index contributed by atoms with van der Waals surface area (Å²) in [5.41, 5.74) is 2.12. The molecule has 0 aliphatic heterocycles. The zero-order valence-electron chi connectivity index (χ0n) is 14.7. The van der Waals surface area contributed by atoms with Crippen molar-refractivity contribution in [2.75, 3.05) is 7.05 Å². The molecular formula is C20H22N2O3. The molecule has 0 aliphatic rings. The summed E-state index contributed by atoms with van der Waals surface area (Å²) in [6, 6.07) is 10.1. The second kappa shape index (κ2) is 7.83. The molecule has 0 radical (unpaired) electrons. The molecule has 25 heavy (non-hydrogen) atoms. The Morgan fingerprint density at radius 1 is 1.04 bits per heavy atom. The van der Waals surface area contributed by atoms with Crippen molar-refractivity contribution in [2.45, 2.75) is 26.7 Å². The molecule has 0 saturated heterocycles. The van der Waals surface area contributed by atoms with E-state index in [2.05, 4.69) is 9.98 Å². The molecule has 1 aromatic carbocycles. The van der Waals surface area contributed by atoms with Crippen LogP contribution in [0, 0.1) is 5.41 Å². The minimum Gasteiger partial charge on any atom is -0.478 e. The number of carbonyl (C=O) groups excluding carboxylic acids is 1. The Morgan fingerprint density at radius 2 is 1.68 bits per heavy atom. The molecule has 0 fully saturated rings. The van der Waals surface area contributed by atoms with Crippen LogP contribution < -0.4 is 0 Å². The number of hydrogen-bond donors (Lipinski definition) is 1. The van der Waals surface area contributed by atoms with Crippen molar-refractivity contribution in [1.82, 2.24) is 4.98 Å². The number of hydrogen-bond acceptors (Lipinski definition) is 4. The van der Waals surface area contributed by atoms with Crippen LogP contribution in [0.5, 0.6) is 0 Å². The van der Waals surface area contributed by atoms with E-state index in [0.717, 1.165) is 11.3 Å². The first-order valence-corrected chi connectivity index (χ1v) is 8.05. The van der Waals surface area contributed by atoms with Gasteiger partial charge in [-0.15, -0.1) is 0 Å². The van der Waals surface area contributed by atoms with E-state index in [4.69, 9.17) is 5.11 Å². The van der Waals surface area contributed by atoms with Gasteiger partial charge in [-0.25, -0.2) is 4.79 Å². The summed E-state index contributed by atoms with van der Waals surface area (Å²) in [7, 11) is 1.68. The maximum absolute atomic E-state index is 12.5. The summed E-state index contributed by atoms with van der Waals surface area (Å²) in [6.07, 6.45) is 4.16. The van der Waals surface area contributed by atoms with Gasteiger partial charge in [-0.2, -0.15) is 0 Å². The standard InChI is InChI=1S/C20H22N2O3/c1-20(2,13-18(23)14-7-9-22-10-8-14)12-17(21-3)15-5-4-6-16(11-15)19(24)25/h4-11H,12-13H2,1-3H3,(H,24,25). The number of carbonyl (C=O) groups is 2. The highest BCUT2D eigenvalue weighted by molar-refractivity contribution is 6.03. The van der Waals surface area contributed by atoms with Crippen molar-refractivity contribution >= 4 is 17.5 Å². The van der Waals surface area contributed by atoms with Gasteiger partial charge in [-0.3, -0.25) is 14.8 Å². The topological polar surface area (TPSA) is 79.6 Å². The van der Waals surface area contributed by atoms with Crippen molar-refractivity contribution in [1.29, 1.82) is 0 Å². The zero-order valence-corrected chi connectivity index (χ0v) is 14.7. The second-order valence-corrected chi connectivity index (χ2v) is 6.73. The first-order valence-electron chi connectivity index (χ1n) is 8.05. The quantitative estimate of drug-likeness (QED) is 0.613. The summed E-state index contributed by atoms with van der Waals surface area (Å²) >= 11 is 0. The number of carboxylic acid groups (broad SMARTS) is 1. The van der Waals surface area contributed by atoms with E-state index < -0.39 is 5.97 Å². The Labute approximate surface area is 147 Å². The number of ketones is 1. The van der Waals surface area contributed by atoms with Crippen molar-refractivity contribution in [3.63, 3.8) is 0 Å². The minimum atomic E-state index is -0.968. The molecule has 130 valence electrons. The average Bonchev–Trinajstić information content (AvgIpc) is 2.60. The summed E-state index contributed by atoms with van der Waals surface area (Å²) in [6.45, 7) is 4.02. The molecule has 0 atom stereocenters. The zero-order chi connectivity index (χ0) is 18.4. The summed E-state index contributed by atoms with van der Waals surface area (Å²) in [5, 5.41) is 9.15. The lowest BCUT2D eigenvalue weighted by Crippen LogP contribution is -2.22. The molecule has 0 amide bonds. The Morgan fingerprint density at radius 3 is 2.28 bits per heavy atom. The predicted molar refractivity (Wildman–Crippen MR) is 97.4 cm³/mol. The fourth-order valence-electron chi connectivity index (χ4n) is 2.73. The van der Waals surface area contributed by atoms with Gasteiger partial charge in [0.25, 0.3) is 0 Å². The first-order chi connectivity index (χ1) is 11.8. The Balaban J connectivity index is 2.16. The molecule has 0 unspecified atom stereocenters. The van der Waals surface area contributed by atoms with Gasteiger partial charge in [0, 0.05) is 37.1 Å². The minimum absolute atomic E-state index is 0.0575. The van der Waals surface area contributed by atoms with Crippen LogP contribution in [0.1, 0.15) is 53.0 Å².